The van der Waals surface area contributed by atoms with Crippen molar-refractivity contribution in [3.8, 4) is 45.6 Å². The van der Waals surface area contributed by atoms with Gasteiger partial charge in [-0.05, 0) is 97.1 Å². The molecule has 8 rings (SSSR count). The smallest absolute Gasteiger partial charge is 0.512 e. The molecule has 14 nitrogen and oxygen atoms in total. The van der Waals surface area contributed by atoms with E-state index in [9.17, 15) is 0 Å². The summed E-state index contributed by atoms with van der Waals surface area (Å²) in [6, 6.07) is 46.4. The summed E-state index contributed by atoms with van der Waals surface area (Å²) in [4.78, 5) is 33.5. The van der Waals surface area contributed by atoms with Crippen LogP contribution in [0.15, 0.2) is 195 Å². The molecule has 0 amide bonds. The van der Waals surface area contributed by atoms with E-state index in [1.54, 1.807) is 49.6 Å². The molecule has 65 heavy (non-hydrogen) atoms. The van der Waals surface area contributed by atoms with E-state index in [-0.39, 0.29) is 223 Å². The number of hydrogen-bond donors (Lipinski definition) is 0. The Morgan fingerprint density at radius 2 is 0.292 bits per heavy atom. The second-order valence-corrected chi connectivity index (χ2v) is 9.72. The van der Waals surface area contributed by atoms with E-state index in [1.807, 2.05) is 146 Å². The topological polar surface area (TPSA) is 246 Å². The molecule has 0 spiro atoms. The van der Waals surface area contributed by atoms with Crippen LogP contribution in [-0.4, -0.2) is 39.9 Å². The SMILES string of the molecule is [C-]#N.[C-]#N.[C-]#N.[C-]#N.[C-]#N.[C-]#N.[Fe+2].[K+].[K+].[K+].[K+].c1ccc(-c2ccccn2)nc1.c1ccc(-c2ccccn2)nc1.c1ccc(-c2ccccn2)nc1.c1ccc(-c2ccccn2)nc1. The van der Waals surface area contributed by atoms with Crippen molar-refractivity contribution in [3.05, 3.63) is 235 Å². The van der Waals surface area contributed by atoms with Crippen molar-refractivity contribution >= 4 is 0 Å². The monoisotopic (exact) mass is 992 g/mol. The molecule has 19 heteroatoms. The summed E-state index contributed by atoms with van der Waals surface area (Å²) < 4.78 is 0. The zero-order chi connectivity index (χ0) is 44.9. The van der Waals surface area contributed by atoms with Crippen molar-refractivity contribution in [2.75, 3.05) is 0 Å². The molecule has 8 aromatic rings. The molecule has 0 aliphatic heterocycles. The molecule has 0 aromatic carbocycles. The molecular weight excluding hydrogens is 961 g/mol. The van der Waals surface area contributed by atoms with Crippen LogP contribution in [0.4, 0.5) is 0 Å². The summed E-state index contributed by atoms with van der Waals surface area (Å²) in [6.45, 7) is 28.5. The van der Waals surface area contributed by atoms with E-state index in [4.69, 9.17) is 71.0 Å². The van der Waals surface area contributed by atoms with E-state index >= 15 is 0 Å². The minimum Gasteiger partial charge on any atom is -0.512 e. The molecule has 0 N–H and O–H groups in total. The molecule has 0 saturated carbocycles. The van der Waals surface area contributed by atoms with Crippen molar-refractivity contribution in [1.82, 2.24) is 39.9 Å². The van der Waals surface area contributed by atoms with Crippen molar-refractivity contribution in [1.29, 1.82) is 31.6 Å². The number of hydrogen-bond acceptors (Lipinski definition) is 14. The zero-order valence-corrected chi connectivity index (χ0v) is 49.7. The van der Waals surface area contributed by atoms with Gasteiger partial charge in [0.05, 0.1) is 45.6 Å². The molecule has 0 aliphatic rings. The van der Waals surface area contributed by atoms with Crippen LogP contribution in [-0.2, 0) is 17.1 Å². The van der Waals surface area contributed by atoms with E-state index in [0.717, 1.165) is 45.6 Å². The number of rotatable bonds is 4. The summed E-state index contributed by atoms with van der Waals surface area (Å²) in [6.07, 6.45) is 14.1. The minimum absolute atomic E-state index is 0. The van der Waals surface area contributed by atoms with Crippen LogP contribution in [0.25, 0.3) is 45.6 Å². The Balaban J connectivity index is -0.000000125. The second kappa shape index (κ2) is 59.2. The number of aromatic nitrogens is 8. The molecule has 0 aliphatic carbocycles. The molecule has 0 fully saturated rings. The maximum absolute atomic E-state index is 6.25. The summed E-state index contributed by atoms with van der Waals surface area (Å²) in [5.41, 5.74) is 7.32. The average molecular weight is 993 g/mol. The van der Waals surface area contributed by atoms with Crippen molar-refractivity contribution < 1.29 is 223 Å². The van der Waals surface area contributed by atoms with Crippen LogP contribution < -0.4 is 206 Å². The van der Waals surface area contributed by atoms with E-state index in [1.165, 1.54) is 0 Å². The predicted molar refractivity (Wildman–Crippen MR) is 220 cm³/mol. The van der Waals surface area contributed by atoms with Gasteiger partial charge in [-0.2, -0.15) is 0 Å². The molecule has 0 bridgehead atoms. The van der Waals surface area contributed by atoms with Gasteiger partial charge in [-0.15, -0.1) is 0 Å². The first-order chi connectivity index (χ1) is 29.9. The van der Waals surface area contributed by atoms with E-state index in [0.29, 0.717) is 0 Å². The number of nitrogens with zero attached hydrogens (tertiary/aromatic N) is 14. The maximum Gasteiger partial charge on any atom is 2.00 e. The largest absolute Gasteiger partial charge is 2.00 e. The maximum atomic E-state index is 6.25. The van der Waals surface area contributed by atoms with Gasteiger partial charge in [0.25, 0.3) is 0 Å². The Bertz CT molecular complexity index is 1810. The van der Waals surface area contributed by atoms with Gasteiger partial charge in [-0.3, -0.25) is 39.9 Å². The first-order valence-electron chi connectivity index (χ1n) is 16.5. The number of pyridine rings is 8. The van der Waals surface area contributed by atoms with Crippen LogP contribution in [0.2, 0.25) is 0 Å². The third-order valence-corrected chi connectivity index (χ3v) is 6.37. The Hall–Kier alpha value is -2.80. The molecule has 298 valence electrons. The third-order valence-electron chi connectivity index (χ3n) is 6.37. The fourth-order valence-corrected chi connectivity index (χ4v) is 4.11. The van der Waals surface area contributed by atoms with Gasteiger partial charge < -0.3 is 71.0 Å². The summed E-state index contributed by atoms with van der Waals surface area (Å²) >= 11 is 0. The van der Waals surface area contributed by atoms with Crippen LogP contribution in [0.3, 0.4) is 0 Å². The summed E-state index contributed by atoms with van der Waals surface area (Å²) in [5.74, 6) is 0. The van der Waals surface area contributed by atoms with Gasteiger partial charge in [-0.1, -0.05) is 48.5 Å². The molecule has 8 aromatic heterocycles. The average Bonchev–Trinajstić information content (AvgIpc) is 3.40. The normalized spacial score (nSPS) is 7.32. The van der Waals surface area contributed by atoms with Crippen LogP contribution in [0, 0.1) is 71.0 Å². The van der Waals surface area contributed by atoms with Gasteiger partial charge in [0.2, 0.25) is 0 Å². The Labute approximate surface area is 562 Å². The van der Waals surface area contributed by atoms with Crippen LogP contribution in [0.1, 0.15) is 0 Å². The van der Waals surface area contributed by atoms with Crippen molar-refractivity contribution in [3.63, 3.8) is 0 Å². The minimum atomic E-state index is 0. The predicted octanol–water partition coefficient (Wildman–Crippen LogP) is -2.83. The second-order valence-electron chi connectivity index (χ2n) is 9.72. The molecule has 0 unspecified atom stereocenters. The Morgan fingerprint density at radius 1 is 0.200 bits per heavy atom. The molecule has 0 saturated heterocycles. The molecule has 8 heterocycles. The van der Waals surface area contributed by atoms with Crippen molar-refractivity contribution in [2.45, 2.75) is 0 Å². The summed E-state index contributed by atoms with van der Waals surface area (Å²) in [7, 11) is 0. The quantitative estimate of drug-likeness (QED) is 0.128. The third kappa shape index (κ3) is 36.0. The zero-order valence-electron chi connectivity index (χ0n) is 36.1. The van der Waals surface area contributed by atoms with Gasteiger partial charge in [0.15, 0.2) is 0 Å². The van der Waals surface area contributed by atoms with Crippen LogP contribution in [0.5, 0.6) is 0 Å². The van der Waals surface area contributed by atoms with Gasteiger partial charge in [0, 0.05) is 49.6 Å². The first kappa shape index (κ1) is 76.5. The Morgan fingerprint density at radius 3 is 0.354 bits per heavy atom. The molecular formula is C46H32FeK4N14. The van der Waals surface area contributed by atoms with E-state index in [2.05, 4.69) is 39.9 Å². The van der Waals surface area contributed by atoms with Gasteiger partial charge >= 0.3 is 223 Å². The van der Waals surface area contributed by atoms with Gasteiger partial charge in [-0.25, -0.2) is 0 Å². The molecule has 0 radical (unpaired) electrons. The summed E-state index contributed by atoms with van der Waals surface area (Å²) in [5, 5.41) is 37.5. The van der Waals surface area contributed by atoms with E-state index < -0.39 is 0 Å². The fraction of sp³-hybridized carbons (Fsp3) is 0. The van der Waals surface area contributed by atoms with Gasteiger partial charge in [0.1, 0.15) is 0 Å². The standard InChI is InChI=1S/4C10H8N2.6CN.Fe.4K/c4*1-3-7-11-9(5-1)10-6-2-4-8-12-10;6*1-2;;;;;/h4*1-8H;;;;;;;;;;;/q;;;;6*-1;+2;4*+1. The van der Waals surface area contributed by atoms with Crippen molar-refractivity contribution in [2.24, 2.45) is 0 Å². The fourth-order valence-electron chi connectivity index (χ4n) is 4.11. The van der Waals surface area contributed by atoms with Crippen LogP contribution >= 0.6 is 0 Å². The Kier molecular flexibility index (Phi) is 69.7. The molecule has 0 atom stereocenters. The first-order valence-corrected chi connectivity index (χ1v) is 16.5.